The number of carbonyl (C=O) groups is 2. The molecule has 0 radical (unpaired) electrons. The molecule has 1 atom stereocenters. The first-order valence-corrected chi connectivity index (χ1v) is 7.27. The number of rotatable bonds is 4. The Kier molecular flexibility index (Phi) is 5.65. The summed E-state index contributed by atoms with van der Waals surface area (Å²) >= 11 is 3.03. The van der Waals surface area contributed by atoms with Crippen LogP contribution in [-0.4, -0.2) is 28.4 Å². The SMILES string of the molecule is C[C@@H](OC(=O)c1ccc(Br)c([N+](=O)[O-])c1)C(=O)NC(C)(C)C. The number of esters is 1. The van der Waals surface area contributed by atoms with Crippen LogP contribution in [0.5, 0.6) is 0 Å². The molecule has 0 unspecified atom stereocenters. The molecule has 1 amide bonds. The van der Waals surface area contributed by atoms with Crippen molar-refractivity contribution in [3.8, 4) is 0 Å². The van der Waals surface area contributed by atoms with Crippen molar-refractivity contribution in [3.05, 3.63) is 38.3 Å². The zero-order valence-corrected chi connectivity index (χ0v) is 14.3. The molecular weight excluding hydrogens is 356 g/mol. The van der Waals surface area contributed by atoms with E-state index in [0.717, 1.165) is 6.07 Å². The molecule has 0 aliphatic rings. The molecule has 0 fully saturated rings. The molecule has 0 bridgehead atoms. The first-order valence-electron chi connectivity index (χ1n) is 6.48. The van der Waals surface area contributed by atoms with Gasteiger partial charge in [-0.15, -0.1) is 0 Å². The van der Waals surface area contributed by atoms with Crippen LogP contribution in [-0.2, 0) is 9.53 Å². The Morgan fingerprint density at radius 3 is 2.45 bits per heavy atom. The van der Waals surface area contributed by atoms with E-state index in [1.165, 1.54) is 19.1 Å². The third-order valence-electron chi connectivity index (χ3n) is 2.53. The van der Waals surface area contributed by atoms with Crippen LogP contribution in [0.1, 0.15) is 38.1 Å². The summed E-state index contributed by atoms with van der Waals surface area (Å²) in [6.45, 7) is 6.85. The van der Waals surface area contributed by atoms with Gasteiger partial charge in [0.1, 0.15) is 0 Å². The summed E-state index contributed by atoms with van der Waals surface area (Å²) in [5, 5.41) is 13.5. The molecule has 8 heteroatoms. The van der Waals surface area contributed by atoms with Crippen molar-refractivity contribution in [1.82, 2.24) is 5.32 Å². The van der Waals surface area contributed by atoms with E-state index in [-0.39, 0.29) is 15.7 Å². The van der Waals surface area contributed by atoms with Crippen LogP contribution in [0, 0.1) is 10.1 Å². The molecule has 0 aliphatic carbocycles. The lowest BCUT2D eigenvalue weighted by Crippen LogP contribution is -2.46. The van der Waals surface area contributed by atoms with E-state index < -0.39 is 28.4 Å². The van der Waals surface area contributed by atoms with Crippen molar-refractivity contribution in [2.75, 3.05) is 0 Å². The summed E-state index contributed by atoms with van der Waals surface area (Å²) in [5.41, 5.74) is -0.694. The summed E-state index contributed by atoms with van der Waals surface area (Å²) < 4.78 is 5.29. The second kappa shape index (κ2) is 6.87. The number of nitrogens with zero attached hydrogens (tertiary/aromatic N) is 1. The lowest BCUT2D eigenvalue weighted by molar-refractivity contribution is -0.385. The van der Waals surface area contributed by atoms with Crippen LogP contribution in [0.15, 0.2) is 22.7 Å². The van der Waals surface area contributed by atoms with E-state index in [1.54, 1.807) is 20.8 Å². The summed E-state index contributed by atoms with van der Waals surface area (Å²) in [5.74, 6) is -1.24. The smallest absolute Gasteiger partial charge is 0.339 e. The molecule has 1 N–H and O–H groups in total. The van der Waals surface area contributed by atoms with Gasteiger partial charge >= 0.3 is 5.97 Å². The van der Waals surface area contributed by atoms with E-state index in [1.807, 2.05) is 0 Å². The summed E-state index contributed by atoms with van der Waals surface area (Å²) in [6.07, 6.45) is -1.01. The van der Waals surface area contributed by atoms with Gasteiger partial charge in [0.25, 0.3) is 11.6 Å². The maximum atomic E-state index is 12.0. The maximum absolute atomic E-state index is 12.0. The predicted molar refractivity (Wildman–Crippen MR) is 83.6 cm³/mol. The van der Waals surface area contributed by atoms with E-state index >= 15 is 0 Å². The fraction of sp³-hybridized carbons (Fsp3) is 0.429. The standard InChI is InChI=1S/C14H17BrN2O5/c1-8(12(18)16-14(2,3)4)22-13(19)9-5-6-10(15)11(7-9)17(20)21/h5-8H,1-4H3,(H,16,18)/t8-/m1/s1. The van der Waals surface area contributed by atoms with Gasteiger partial charge < -0.3 is 10.1 Å². The number of nitro groups is 1. The second-order valence-corrected chi connectivity index (χ2v) is 6.56. The molecule has 0 aliphatic heterocycles. The summed E-state index contributed by atoms with van der Waals surface area (Å²) in [7, 11) is 0. The highest BCUT2D eigenvalue weighted by Crippen LogP contribution is 2.26. The Bertz CT molecular complexity index is 610. The Morgan fingerprint density at radius 1 is 1.36 bits per heavy atom. The Labute approximate surface area is 136 Å². The largest absolute Gasteiger partial charge is 0.449 e. The molecule has 120 valence electrons. The third kappa shape index (κ3) is 5.10. The van der Waals surface area contributed by atoms with Crippen LogP contribution >= 0.6 is 15.9 Å². The van der Waals surface area contributed by atoms with Crippen LogP contribution in [0.2, 0.25) is 0 Å². The molecule has 1 aromatic rings. The Hall–Kier alpha value is -1.96. The van der Waals surface area contributed by atoms with Gasteiger partial charge in [0.2, 0.25) is 0 Å². The molecule has 0 saturated heterocycles. The van der Waals surface area contributed by atoms with Crippen molar-refractivity contribution in [2.24, 2.45) is 0 Å². The normalized spacial score (nSPS) is 12.4. The number of nitrogens with one attached hydrogen (secondary N) is 1. The molecule has 7 nitrogen and oxygen atoms in total. The van der Waals surface area contributed by atoms with E-state index in [9.17, 15) is 19.7 Å². The van der Waals surface area contributed by atoms with Crippen LogP contribution in [0.3, 0.4) is 0 Å². The van der Waals surface area contributed by atoms with Crippen molar-refractivity contribution >= 4 is 33.5 Å². The maximum Gasteiger partial charge on any atom is 0.339 e. The molecule has 0 spiro atoms. The third-order valence-corrected chi connectivity index (χ3v) is 3.20. The average molecular weight is 373 g/mol. The fourth-order valence-corrected chi connectivity index (χ4v) is 1.92. The number of amides is 1. The molecule has 0 saturated carbocycles. The first kappa shape index (κ1) is 18.1. The number of carbonyl (C=O) groups excluding carboxylic acids is 2. The van der Waals surface area contributed by atoms with Crippen LogP contribution < -0.4 is 5.32 Å². The second-order valence-electron chi connectivity index (χ2n) is 5.71. The van der Waals surface area contributed by atoms with E-state index in [2.05, 4.69) is 21.2 Å². The van der Waals surface area contributed by atoms with Gasteiger partial charge in [0, 0.05) is 11.6 Å². The number of halogens is 1. The van der Waals surface area contributed by atoms with Crippen LogP contribution in [0.4, 0.5) is 5.69 Å². The minimum Gasteiger partial charge on any atom is -0.449 e. The van der Waals surface area contributed by atoms with Gasteiger partial charge in [-0.3, -0.25) is 14.9 Å². The van der Waals surface area contributed by atoms with Gasteiger partial charge in [-0.05, 0) is 55.8 Å². The predicted octanol–water partition coefficient (Wildman–Crippen LogP) is 2.82. The number of nitro benzene ring substituents is 1. The molecule has 0 heterocycles. The fourth-order valence-electron chi connectivity index (χ4n) is 1.53. The van der Waals surface area contributed by atoms with Gasteiger partial charge in [0.05, 0.1) is 15.0 Å². The topological polar surface area (TPSA) is 98.5 Å². The number of hydrogen-bond donors (Lipinski definition) is 1. The van der Waals surface area contributed by atoms with E-state index in [4.69, 9.17) is 4.74 Å². The van der Waals surface area contributed by atoms with Gasteiger partial charge in [-0.25, -0.2) is 4.79 Å². The van der Waals surface area contributed by atoms with Crippen LogP contribution in [0.25, 0.3) is 0 Å². The number of benzene rings is 1. The van der Waals surface area contributed by atoms with Gasteiger partial charge in [-0.2, -0.15) is 0 Å². The minimum atomic E-state index is -1.01. The lowest BCUT2D eigenvalue weighted by Gasteiger charge is -2.23. The van der Waals surface area contributed by atoms with Gasteiger partial charge in [-0.1, -0.05) is 0 Å². The quantitative estimate of drug-likeness (QED) is 0.497. The summed E-state index contributed by atoms with van der Waals surface area (Å²) in [4.78, 5) is 34.1. The van der Waals surface area contributed by atoms with Crippen molar-refractivity contribution in [1.29, 1.82) is 0 Å². The summed E-state index contributed by atoms with van der Waals surface area (Å²) in [6, 6.07) is 3.86. The first-order chi connectivity index (χ1) is 10.0. The van der Waals surface area contributed by atoms with Crippen molar-refractivity contribution in [2.45, 2.75) is 39.3 Å². The monoisotopic (exact) mass is 372 g/mol. The zero-order valence-electron chi connectivity index (χ0n) is 12.7. The Morgan fingerprint density at radius 2 is 1.95 bits per heavy atom. The molecule has 1 aromatic carbocycles. The van der Waals surface area contributed by atoms with Crippen molar-refractivity contribution in [3.63, 3.8) is 0 Å². The molecule has 22 heavy (non-hydrogen) atoms. The van der Waals surface area contributed by atoms with Gasteiger partial charge in [0.15, 0.2) is 6.10 Å². The molecule has 0 aromatic heterocycles. The molecule has 1 rings (SSSR count). The Balaban J connectivity index is 2.83. The van der Waals surface area contributed by atoms with Crippen molar-refractivity contribution < 1.29 is 19.2 Å². The highest BCUT2D eigenvalue weighted by Gasteiger charge is 2.24. The average Bonchev–Trinajstić information content (AvgIpc) is 2.36. The highest BCUT2D eigenvalue weighted by atomic mass is 79.9. The lowest BCUT2D eigenvalue weighted by atomic mass is 10.1. The number of ether oxygens (including phenoxy) is 1. The van der Waals surface area contributed by atoms with E-state index in [0.29, 0.717) is 0 Å². The number of hydrogen-bond acceptors (Lipinski definition) is 5. The minimum absolute atomic E-state index is 0.00492. The zero-order chi connectivity index (χ0) is 17.1. The highest BCUT2D eigenvalue weighted by molar-refractivity contribution is 9.10. The molecular formula is C14H17BrN2O5.